The largest absolute Gasteiger partial charge is 0.506 e. The van der Waals surface area contributed by atoms with Crippen LogP contribution in [0.3, 0.4) is 0 Å². The minimum atomic E-state index is -1.37. The van der Waals surface area contributed by atoms with Crippen LogP contribution in [0.15, 0.2) is 65.4 Å². The van der Waals surface area contributed by atoms with Crippen LogP contribution in [0.25, 0.3) is 0 Å². The molecule has 2 unspecified atom stereocenters. The van der Waals surface area contributed by atoms with Gasteiger partial charge >= 0.3 is 11.9 Å². The molecule has 3 aromatic rings. The zero-order valence-electron chi connectivity index (χ0n) is 18.4. The Balaban J connectivity index is 1.64. The summed E-state index contributed by atoms with van der Waals surface area (Å²) in [5.41, 5.74) is 0.180. The van der Waals surface area contributed by atoms with Gasteiger partial charge in [-0.25, -0.2) is 9.59 Å². The van der Waals surface area contributed by atoms with Crippen molar-refractivity contribution >= 4 is 40.9 Å². The monoisotopic (exact) mass is 543 g/mol. The van der Waals surface area contributed by atoms with Gasteiger partial charge in [-0.05, 0) is 23.8 Å². The van der Waals surface area contributed by atoms with Gasteiger partial charge < -0.3 is 30.0 Å². The van der Waals surface area contributed by atoms with E-state index in [1.54, 1.807) is 0 Å². The first-order valence-corrected chi connectivity index (χ1v) is 11.3. The number of fused-ring (bicyclic) bond motifs is 2. The number of aromatic carboxylic acids is 1. The van der Waals surface area contributed by atoms with Crippen LogP contribution in [0.1, 0.15) is 37.8 Å². The molecule has 2 aromatic carbocycles. The van der Waals surface area contributed by atoms with E-state index >= 15 is 0 Å². The van der Waals surface area contributed by atoms with Crippen molar-refractivity contribution in [1.82, 2.24) is 4.73 Å². The minimum absolute atomic E-state index is 0.00912. The number of allylic oxidation sites excluding steroid dienone is 3. The number of carbonyl (C=O) groups excluding carboxylic acids is 2. The van der Waals surface area contributed by atoms with Crippen LogP contribution in [0, 0.1) is 5.92 Å². The predicted molar refractivity (Wildman–Crippen MR) is 128 cm³/mol. The highest BCUT2D eigenvalue weighted by Gasteiger charge is 2.40. The smallest absolute Gasteiger partial charge is 0.363 e. The average molecular weight is 544 g/mol. The van der Waals surface area contributed by atoms with Gasteiger partial charge in [0.25, 0.3) is 0 Å². The van der Waals surface area contributed by atoms with E-state index in [0.717, 1.165) is 18.2 Å². The minimum Gasteiger partial charge on any atom is -0.506 e. The third-order valence-electron chi connectivity index (χ3n) is 5.99. The number of carboxylic acid groups (broad SMARTS) is 1. The van der Waals surface area contributed by atoms with E-state index < -0.39 is 41.3 Å². The quantitative estimate of drug-likeness (QED) is 0.382. The molecule has 1 aliphatic heterocycles. The molecule has 188 valence electrons. The van der Waals surface area contributed by atoms with Crippen molar-refractivity contribution in [1.29, 1.82) is 0 Å². The predicted octanol–water partition coefficient (Wildman–Crippen LogP) is 3.96. The van der Waals surface area contributed by atoms with Gasteiger partial charge in [0.2, 0.25) is 11.8 Å². The zero-order chi connectivity index (χ0) is 26.6. The average Bonchev–Trinajstić information content (AvgIpc) is 3.16. The van der Waals surface area contributed by atoms with Crippen LogP contribution in [0.5, 0.6) is 23.3 Å². The van der Waals surface area contributed by atoms with E-state index in [9.17, 15) is 34.8 Å². The molecule has 0 amide bonds. The molecule has 0 saturated heterocycles. The SMILES string of the molecule is O=C1C=C2Oc3cc(O)c(Cl)cc3C(c3ccc(C(=O)On4c(O)ccc4O)cc3C(=O)O)C2C=C1Cl. The Morgan fingerprint density at radius 2 is 1.68 bits per heavy atom. The summed E-state index contributed by atoms with van der Waals surface area (Å²) < 4.78 is 6.31. The number of carboxylic acids is 1. The fraction of sp³-hybridized carbons (Fsp3) is 0.0800. The molecule has 12 heteroatoms. The Labute approximate surface area is 217 Å². The molecular weight excluding hydrogens is 529 g/mol. The highest BCUT2D eigenvalue weighted by atomic mass is 35.5. The number of benzene rings is 2. The highest BCUT2D eigenvalue weighted by Crippen LogP contribution is 2.51. The molecule has 5 rings (SSSR count). The number of phenolic OH excluding ortho intramolecular Hbond substituents is 1. The van der Waals surface area contributed by atoms with E-state index in [0.29, 0.717) is 10.3 Å². The maximum atomic E-state index is 12.7. The van der Waals surface area contributed by atoms with Crippen molar-refractivity contribution in [2.75, 3.05) is 0 Å². The zero-order valence-corrected chi connectivity index (χ0v) is 19.9. The summed E-state index contributed by atoms with van der Waals surface area (Å²) in [6.45, 7) is 0. The molecule has 0 spiro atoms. The lowest BCUT2D eigenvalue weighted by atomic mass is 9.74. The summed E-state index contributed by atoms with van der Waals surface area (Å²) in [6, 6.07) is 8.66. The second-order valence-electron chi connectivity index (χ2n) is 8.20. The number of aromatic hydroxyl groups is 3. The number of hydrogen-bond acceptors (Lipinski definition) is 8. The number of phenols is 1. The van der Waals surface area contributed by atoms with Gasteiger partial charge in [0.1, 0.15) is 17.3 Å². The van der Waals surface area contributed by atoms with Gasteiger partial charge in [-0.15, -0.1) is 4.73 Å². The topological polar surface area (TPSA) is 156 Å². The molecule has 37 heavy (non-hydrogen) atoms. The van der Waals surface area contributed by atoms with Crippen molar-refractivity contribution in [2.45, 2.75) is 5.92 Å². The number of hydrogen-bond donors (Lipinski definition) is 4. The normalized spacial score (nSPS) is 18.2. The maximum Gasteiger partial charge on any atom is 0.363 e. The highest BCUT2D eigenvalue weighted by molar-refractivity contribution is 6.44. The van der Waals surface area contributed by atoms with E-state index in [1.165, 1.54) is 36.4 Å². The van der Waals surface area contributed by atoms with Crippen molar-refractivity contribution in [3.63, 3.8) is 0 Å². The summed E-state index contributed by atoms with van der Waals surface area (Å²) in [7, 11) is 0. The van der Waals surface area contributed by atoms with Gasteiger partial charge in [0.15, 0.2) is 5.78 Å². The number of ether oxygens (including phenoxy) is 1. The Morgan fingerprint density at radius 1 is 0.973 bits per heavy atom. The van der Waals surface area contributed by atoms with Crippen LogP contribution in [0.2, 0.25) is 5.02 Å². The van der Waals surface area contributed by atoms with Gasteiger partial charge in [-0.2, -0.15) is 0 Å². The fourth-order valence-corrected chi connectivity index (χ4v) is 4.68. The van der Waals surface area contributed by atoms with Gasteiger partial charge in [0, 0.05) is 41.7 Å². The molecular formula is C25H15Cl2NO9. The number of halogens is 2. The molecule has 4 N–H and O–H groups in total. The first kappa shape index (κ1) is 24.3. The van der Waals surface area contributed by atoms with E-state index in [-0.39, 0.29) is 44.0 Å². The number of carbonyl (C=O) groups is 3. The molecule has 10 nitrogen and oxygen atoms in total. The Bertz CT molecular complexity index is 1550. The van der Waals surface area contributed by atoms with E-state index in [4.69, 9.17) is 32.8 Å². The third kappa shape index (κ3) is 4.15. The lowest BCUT2D eigenvalue weighted by molar-refractivity contribution is -0.111. The van der Waals surface area contributed by atoms with Gasteiger partial charge in [0.05, 0.1) is 21.2 Å². The first-order valence-electron chi connectivity index (χ1n) is 10.6. The van der Waals surface area contributed by atoms with Crippen LogP contribution in [0.4, 0.5) is 0 Å². The van der Waals surface area contributed by atoms with Crippen molar-refractivity contribution < 1.29 is 44.4 Å². The van der Waals surface area contributed by atoms with Crippen molar-refractivity contribution in [3.05, 3.63) is 92.7 Å². The van der Waals surface area contributed by atoms with Crippen LogP contribution >= 0.6 is 23.2 Å². The Morgan fingerprint density at radius 3 is 2.35 bits per heavy atom. The number of ketones is 1. The summed E-state index contributed by atoms with van der Waals surface area (Å²) in [4.78, 5) is 42.2. The Kier molecular flexibility index (Phi) is 5.85. The third-order valence-corrected chi connectivity index (χ3v) is 6.61. The Hall–Kier alpha value is -4.41. The van der Waals surface area contributed by atoms with E-state index in [1.807, 2.05) is 0 Å². The molecule has 0 bridgehead atoms. The molecule has 0 saturated carbocycles. The van der Waals surface area contributed by atoms with Gasteiger partial charge in [-0.3, -0.25) is 4.79 Å². The standard InChI is InChI=1S/C25H15Cl2NO9/c26-15-6-13-19(8-17(15)29)36-20-9-18(30)16(27)7-14(20)23(13)11-2-1-10(5-12(11)24(33)34)25(35)37-28-21(31)3-4-22(28)32/h1-9,13,23,30-32H,(H,33,34). The fourth-order valence-electron chi connectivity index (χ4n) is 4.32. The van der Waals surface area contributed by atoms with E-state index in [2.05, 4.69) is 0 Å². The molecule has 1 aromatic heterocycles. The molecule has 2 aliphatic rings. The molecule has 1 aliphatic carbocycles. The summed E-state index contributed by atoms with van der Waals surface area (Å²) in [5.74, 6) is -5.44. The van der Waals surface area contributed by atoms with Crippen LogP contribution in [-0.2, 0) is 4.79 Å². The molecule has 0 fully saturated rings. The van der Waals surface area contributed by atoms with Crippen molar-refractivity contribution in [2.24, 2.45) is 5.92 Å². The maximum absolute atomic E-state index is 12.7. The first-order chi connectivity index (χ1) is 17.5. The van der Waals surface area contributed by atoms with Crippen LogP contribution in [-0.4, -0.2) is 42.9 Å². The molecule has 0 radical (unpaired) electrons. The van der Waals surface area contributed by atoms with Crippen LogP contribution < -0.4 is 9.57 Å². The summed E-state index contributed by atoms with van der Waals surface area (Å²) >= 11 is 12.3. The second-order valence-corrected chi connectivity index (χ2v) is 9.02. The number of nitrogens with zero attached hydrogens (tertiary/aromatic N) is 1. The summed E-state index contributed by atoms with van der Waals surface area (Å²) in [5, 5.41) is 39.5. The van der Waals surface area contributed by atoms with Gasteiger partial charge in [-0.1, -0.05) is 35.3 Å². The number of rotatable bonds is 4. The lowest BCUT2D eigenvalue weighted by Gasteiger charge is -2.36. The molecule has 2 atom stereocenters. The summed E-state index contributed by atoms with van der Waals surface area (Å²) in [6.07, 6.45) is 2.63. The molecule has 2 heterocycles. The van der Waals surface area contributed by atoms with Crippen molar-refractivity contribution in [3.8, 4) is 23.3 Å². The second kappa shape index (κ2) is 8.91. The number of aromatic nitrogens is 1. The lowest BCUT2D eigenvalue weighted by Crippen LogP contribution is -2.28.